The van der Waals surface area contributed by atoms with Crippen molar-refractivity contribution < 1.29 is 13.2 Å². The molecule has 0 radical (unpaired) electrons. The average Bonchev–Trinajstić information content (AvgIpc) is 3.22. The van der Waals surface area contributed by atoms with Gasteiger partial charge in [0.15, 0.2) is 0 Å². The Bertz CT molecular complexity index is 755. The summed E-state index contributed by atoms with van der Waals surface area (Å²) in [6.45, 7) is 2.80. The van der Waals surface area contributed by atoms with Crippen molar-refractivity contribution in [1.29, 1.82) is 0 Å². The minimum Gasteiger partial charge on any atom is -0.341 e. The summed E-state index contributed by atoms with van der Waals surface area (Å²) in [6.07, 6.45) is 6.64. The third-order valence-corrected chi connectivity index (χ3v) is 9.20. The number of piperidine rings is 1. The Kier molecular flexibility index (Phi) is 5.36. The Labute approximate surface area is 159 Å². The van der Waals surface area contributed by atoms with Crippen molar-refractivity contribution in [2.75, 3.05) is 26.2 Å². The summed E-state index contributed by atoms with van der Waals surface area (Å²) in [5, 5.41) is 3.59. The molecule has 3 saturated heterocycles. The van der Waals surface area contributed by atoms with Gasteiger partial charge in [0, 0.05) is 43.1 Å². The summed E-state index contributed by atoms with van der Waals surface area (Å²) < 4.78 is 27.5. The summed E-state index contributed by atoms with van der Waals surface area (Å²) in [4.78, 5) is 15.5. The molecule has 0 spiro atoms. The van der Waals surface area contributed by atoms with Crippen molar-refractivity contribution in [3.63, 3.8) is 0 Å². The zero-order valence-corrected chi connectivity index (χ0v) is 16.7. The van der Waals surface area contributed by atoms with Crippen molar-refractivity contribution in [1.82, 2.24) is 14.5 Å². The molecule has 3 fully saturated rings. The Balaban J connectivity index is 1.40. The standard InChI is InChI=1S/C18H27N3O3S2/c22-17(20-11-8-14-4-5-15(13-20)19-14)12-16-6-7-18(25-16)26(23,24)21-9-2-1-3-10-21/h6-7,14-15,19H,1-5,8-13H2. The smallest absolute Gasteiger partial charge is 0.252 e. The van der Waals surface area contributed by atoms with Crippen LogP contribution >= 0.6 is 11.3 Å². The van der Waals surface area contributed by atoms with Crippen molar-refractivity contribution in [2.24, 2.45) is 0 Å². The molecule has 3 aliphatic heterocycles. The van der Waals surface area contributed by atoms with Crippen molar-refractivity contribution in [2.45, 2.75) is 61.2 Å². The van der Waals surface area contributed by atoms with Crippen molar-refractivity contribution in [3.8, 4) is 0 Å². The Hall–Kier alpha value is -0.960. The van der Waals surface area contributed by atoms with E-state index < -0.39 is 10.0 Å². The number of carbonyl (C=O) groups excluding carboxylic acids is 1. The van der Waals surface area contributed by atoms with E-state index in [9.17, 15) is 13.2 Å². The summed E-state index contributed by atoms with van der Waals surface area (Å²) in [6, 6.07) is 4.45. The average molecular weight is 398 g/mol. The van der Waals surface area contributed by atoms with Crippen LogP contribution in [0.5, 0.6) is 0 Å². The van der Waals surface area contributed by atoms with Gasteiger partial charge in [-0.05, 0) is 44.2 Å². The number of nitrogens with one attached hydrogen (secondary N) is 1. The maximum atomic E-state index is 12.8. The molecule has 8 heteroatoms. The van der Waals surface area contributed by atoms with E-state index in [-0.39, 0.29) is 5.91 Å². The van der Waals surface area contributed by atoms with E-state index in [1.807, 2.05) is 11.0 Å². The van der Waals surface area contributed by atoms with Crippen LogP contribution in [0.25, 0.3) is 0 Å². The van der Waals surface area contributed by atoms with E-state index in [1.165, 1.54) is 17.8 Å². The Morgan fingerprint density at radius 1 is 1.08 bits per heavy atom. The molecule has 2 atom stereocenters. The molecule has 4 rings (SSSR count). The van der Waals surface area contributed by atoms with E-state index in [1.54, 1.807) is 10.4 Å². The number of hydrogen-bond acceptors (Lipinski definition) is 5. The number of nitrogens with zero attached hydrogens (tertiary/aromatic N) is 2. The van der Waals surface area contributed by atoms with Gasteiger partial charge in [-0.1, -0.05) is 6.42 Å². The molecule has 0 saturated carbocycles. The molecule has 1 aromatic heterocycles. The fourth-order valence-electron chi connectivity index (χ4n) is 4.25. The molecule has 1 aromatic rings. The Morgan fingerprint density at radius 3 is 2.65 bits per heavy atom. The number of rotatable bonds is 4. The lowest BCUT2D eigenvalue weighted by Crippen LogP contribution is -2.39. The summed E-state index contributed by atoms with van der Waals surface area (Å²) in [7, 11) is -3.40. The number of fused-ring (bicyclic) bond motifs is 2. The Morgan fingerprint density at radius 2 is 1.85 bits per heavy atom. The number of sulfonamides is 1. The minimum absolute atomic E-state index is 0.114. The number of hydrogen-bond donors (Lipinski definition) is 1. The molecule has 26 heavy (non-hydrogen) atoms. The lowest BCUT2D eigenvalue weighted by Gasteiger charge is -2.25. The van der Waals surface area contributed by atoms with Crippen molar-refractivity contribution in [3.05, 3.63) is 17.0 Å². The summed E-state index contributed by atoms with van der Waals surface area (Å²) in [5.41, 5.74) is 0. The van der Waals surface area contributed by atoms with Gasteiger partial charge >= 0.3 is 0 Å². The number of likely N-dealkylation sites (tertiary alicyclic amines) is 1. The van der Waals surface area contributed by atoms with E-state index in [2.05, 4.69) is 5.32 Å². The van der Waals surface area contributed by atoms with Crippen LogP contribution in [0.4, 0.5) is 0 Å². The van der Waals surface area contributed by atoms with Crippen LogP contribution in [0.1, 0.15) is 43.4 Å². The molecule has 1 N–H and O–H groups in total. The molecule has 0 aromatic carbocycles. The molecule has 3 aliphatic rings. The van der Waals surface area contributed by atoms with Crippen LogP contribution in [0.3, 0.4) is 0 Å². The fraction of sp³-hybridized carbons (Fsp3) is 0.722. The normalized spacial score (nSPS) is 27.5. The maximum absolute atomic E-state index is 12.8. The van der Waals surface area contributed by atoms with E-state index in [0.717, 1.165) is 50.1 Å². The summed E-state index contributed by atoms with van der Waals surface area (Å²) >= 11 is 1.25. The highest BCUT2D eigenvalue weighted by molar-refractivity contribution is 7.91. The lowest BCUT2D eigenvalue weighted by molar-refractivity contribution is -0.130. The molecule has 6 nitrogen and oxygen atoms in total. The van der Waals surface area contributed by atoms with Gasteiger partial charge in [0.25, 0.3) is 10.0 Å². The van der Waals surface area contributed by atoms with E-state index in [4.69, 9.17) is 0 Å². The van der Waals surface area contributed by atoms with Gasteiger partial charge in [-0.25, -0.2) is 8.42 Å². The van der Waals surface area contributed by atoms with Crippen LogP contribution in [0, 0.1) is 0 Å². The van der Waals surface area contributed by atoms with Gasteiger partial charge in [0.05, 0.1) is 6.42 Å². The minimum atomic E-state index is -3.40. The van der Waals surface area contributed by atoms with Gasteiger partial charge in [-0.3, -0.25) is 4.79 Å². The molecular weight excluding hydrogens is 370 g/mol. The highest BCUT2D eigenvalue weighted by Crippen LogP contribution is 2.28. The molecular formula is C18H27N3O3S2. The molecule has 1 amide bonds. The monoisotopic (exact) mass is 397 g/mol. The van der Waals surface area contributed by atoms with E-state index in [0.29, 0.717) is 35.8 Å². The molecule has 4 heterocycles. The first-order valence-corrected chi connectivity index (χ1v) is 11.9. The third kappa shape index (κ3) is 3.83. The van der Waals surface area contributed by atoms with Crippen LogP contribution in [-0.2, 0) is 21.2 Å². The van der Waals surface area contributed by atoms with Gasteiger partial charge in [-0.2, -0.15) is 4.31 Å². The zero-order chi connectivity index (χ0) is 18.1. The highest BCUT2D eigenvalue weighted by atomic mass is 32.2. The SMILES string of the molecule is O=C(Cc1ccc(S(=O)(=O)N2CCCCC2)s1)N1CCC2CCC(C1)N2. The number of thiophene rings is 1. The van der Waals surface area contributed by atoms with Gasteiger partial charge in [-0.15, -0.1) is 11.3 Å². The third-order valence-electron chi connectivity index (χ3n) is 5.75. The quantitative estimate of drug-likeness (QED) is 0.841. The van der Waals surface area contributed by atoms with Crippen LogP contribution in [-0.4, -0.2) is 61.8 Å². The van der Waals surface area contributed by atoms with Crippen LogP contribution in [0.2, 0.25) is 0 Å². The zero-order valence-electron chi connectivity index (χ0n) is 15.0. The largest absolute Gasteiger partial charge is 0.341 e. The first-order valence-electron chi connectivity index (χ1n) is 9.65. The predicted molar refractivity (Wildman–Crippen MR) is 102 cm³/mol. The number of carbonyl (C=O) groups is 1. The topological polar surface area (TPSA) is 69.7 Å². The maximum Gasteiger partial charge on any atom is 0.252 e. The second kappa shape index (κ2) is 7.58. The second-order valence-corrected chi connectivity index (χ2v) is 11.0. The van der Waals surface area contributed by atoms with Gasteiger partial charge < -0.3 is 10.2 Å². The van der Waals surface area contributed by atoms with Crippen LogP contribution < -0.4 is 5.32 Å². The second-order valence-electron chi connectivity index (χ2n) is 7.63. The van der Waals surface area contributed by atoms with Gasteiger partial charge in [0.2, 0.25) is 5.91 Å². The molecule has 0 aliphatic carbocycles. The first kappa shape index (κ1) is 18.4. The first-order chi connectivity index (χ1) is 12.5. The fourth-order valence-corrected chi connectivity index (χ4v) is 7.27. The predicted octanol–water partition coefficient (Wildman–Crippen LogP) is 1.82. The number of amides is 1. The van der Waals surface area contributed by atoms with Gasteiger partial charge in [0.1, 0.15) is 4.21 Å². The molecule has 144 valence electrons. The molecule has 2 bridgehead atoms. The molecule has 2 unspecified atom stereocenters. The summed E-state index contributed by atoms with van der Waals surface area (Å²) in [5.74, 6) is 0.114. The van der Waals surface area contributed by atoms with E-state index >= 15 is 0 Å². The van der Waals surface area contributed by atoms with Crippen LogP contribution in [0.15, 0.2) is 16.3 Å². The lowest BCUT2D eigenvalue weighted by atomic mass is 10.1. The highest BCUT2D eigenvalue weighted by Gasteiger charge is 2.32. The van der Waals surface area contributed by atoms with Crippen molar-refractivity contribution >= 4 is 27.3 Å².